The minimum absolute atomic E-state index is 0.00503. The van der Waals surface area contributed by atoms with Gasteiger partial charge in [0.05, 0.1) is 29.0 Å². The second kappa shape index (κ2) is 9.15. The molecule has 9 nitrogen and oxygen atoms in total. The summed E-state index contributed by atoms with van der Waals surface area (Å²) in [5, 5.41) is 3.23. The van der Waals surface area contributed by atoms with Crippen molar-refractivity contribution in [2.75, 3.05) is 33.0 Å². The predicted molar refractivity (Wildman–Crippen MR) is 120 cm³/mol. The van der Waals surface area contributed by atoms with Crippen LogP contribution in [0.25, 0.3) is 10.9 Å². The number of sulfonamides is 1. The van der Waals surface area contributed by atoms with Gasteiger partial charge in [0, 0.05) is 19.8 Å². The fourth-order valence-electron chi connectivity index (χ4n) is 2.94. The monoisotopic (exact) mass is 463 g/mol. The molecule has 0 spiro atoms. The number of nitrogens with one attached hydrogen (secondary N) is 2. The van der Waals surface area contributed by atoms with E-state index < -0.39 is 10.0 Å². The molecule has 0 fully saturated rings. The number of carbonyl (C=O) groups is 1. The van der Waals surface area contributed by atoms with Crippen LogP contribution in [0.1, 0.15) is 5.82 Å². The van der Waals surface area contributed by atoms with Gasteiger partial charge in [-0.25, -0.2) is 17.7 Å². The fraction of sp³-hybridized carbons (Fsp3) is 0.250. The molecule has 2 N–H and O–H groups in total. The molecule has 0 bridgehead atoms. The zero-order valence-corrected chi connectivity index (χ0v) is 18.8. The number of para-hydroxylation sites is 1. The number of amides is 1. The van der Waals surface area contributed by atoms with Crippen LogP contribution in [-0.4, -0.2) is 61.2 Å². The van der Waals surface area contributed by atoms with Crippen molar-refractivity contribution < 1.29 is 13.2 Å². The highest BCUT2D eigenvalue weighted by molar-refractivity contribution is 7.89. The first-order valence-corrected chi connectivity index (χ1v) is 11.1. The molecule has 1 aromatic heterocycles. The van der Waals surface area contributed by atoms with Crippen molar-refractivity contribution in [3.63, 3.8) is 0 Å². The van der Waals surface area contributed by atoms with Gasteiger partial charge in [0.15, 0.2) is 0 Å². The highest BCUT2D eigenvalue weighted by atomic mass is 35.5. The summed E-state index contributed by atoms with van der Waals surface area (Å²) in [4.78, 5) is 33.3. The first-order chi connectivity index (χ1) is 14.6. The van der Waals surface area contributed by atoms with Crippen molar-refractivity contribution in [3.05, 3.63) is 63.7 Å². The van der Waals surface area contributed by atoms with Gasteiger partial charge in [-0.2, -0.15) is 0 Å². The number of aromatic nitrogens is 2. The topological polar surface area (TPSA) is 115 Å². The van der Waals surface area contributed by atoms with E-state index in [0.717, 1.165) is 4.31 Å². The Morgan fingerprint density at radius 2 is 1.87 bits per heavy atom. The van der Waals surface area contributed by atoms with Crippen molar-refractivity contribution in [2.24, 2.45) is 0 Å². The molecule has 164 valence electrons. The number of halogens is 1. The summed E-state index contributed by atoms with van der Waals surface area (Å²) in [5.74, 6) is 0.0750. The number of hydrogen-bond donors (Lipinski definition) is 2. The molecule has 1 amide bonds. The molecule has 0 aliphatic carbocycles. The summed E-state index contributed by atoms with van der Waals surface area (Å²) in [6.45, 7) is 0.239. The second-order valence-electron chi connectivity index (χ2n) is 7.18. The molecule has 0 saturated carbocycles. The van der Waals surface area contributed by atoms with Crippen molar-refractivity contribution >= 4 is 44.1 Å². The Labute approximate surface area is 184 Å². The smallest absolute Gasteiger partial charge is 0.258 e. The van der Waals surface area contributed by atoms with E-state index in [-0.39, 0.29) is 34.5 Å². The quantitative estimate of drug-likeness (QED) is 0.553. The predicted octanol–water partition coefficient (Wildman–Crippen LogP) is 1.90. The number of anilines is 1. The average Bonchev–Trinajstić information content (AvgIpc) is 2.69. The van der Waals surface area contributed by atoms with Crippen LogP contribution in [0.2, 0.25) is 5.02 Å². The number of carbonyl (C=O) groups excluding carboxylic acids is 1. The van der Waals surface area contributed by atoms with Crippen LogP contribution in [0.5, 0.6) is 0 Å². The van der Waals surface area contributed by atoms with Crippen LogP contribution >= 0.6 is 11.6 Å². The lowest BCUT2D eigenvalue weighted by molar-refractivity contribution is -0.117. The molecule has 2 aromatic carbocycles. The Balaban J connectivity index is 1.69. The molecule has 3 aromatic rings. The molecule has 31 heavy (non-hydrogen) atoms. The molecule has 3 rings (SSSR count). The number of fused-ring (bicyclic) bond motifs is 1. The number of H-pyrrole nitrogens is 1. The molecule has 0 unspecified atom stereocenters. The summed E-state index contributed by atoms with van der Waals surface area (Å²) >= 11 is 6.03. The van der Waals surface area contributed by atoms with Gasteiger partial charge in [0.25, 0.3) is 5.56 Å². The molecular formula is C20H22ClN5O4S. The summed E-state index contributed by atoms with van der Waals surface area (Å²) < 4.78 is 25.8. The van der Waals surface area contributed by atoms with Gasteiger partial charge < -0.3 is 10.3 Å². The maximum atomic E-state index is 12.4. The SMILES string of the molecule is CN(CC(=O)Nc1ccc(Cl)c(S(=O)(=O)N(C)C)c1)Cc1nc2ccccc2c(=O)[nH]1. The maximum absolute atomic E-state index is 12.4. The van der Waals surface area contributed by atoms with Gasteiger partial charge in [-0.1, -0.05) is 23.7 Å². The molecule has 0 aliphatic rings. The van der Waals surface area contributed by atoms with Crippen LogP contribution in [0, 0.1) is 0 Å². The Morgan fingerprint density at radius 1 is 1.16 bits per heavy atom. The van der Waals surface area contributed by atoms with Crippen LogP contribution in [0.4, 0.5) is 5.69 Å². The highest BCUT2D eigenvalue weighted by Crippen LogP contribution is 2.26. The van der Waals surface area contributed by atoms with Crippen LogP contribution in [0.3, 0.4) is 0 Å². The number of rotatable bonds is 7. The van der Waals surface area contributed by atoms with E-state index in [1.807, 2.05) is 0 Å². The van der Waals surface area contributed by atoms with Gasteiger partial charge in [0.1, 0.15) is 10.7 Å². The van der Waals surface area contributed by atoms with Gasteiger partial charge in [0.2, 0.25) is 15.9 Å². The largest absolute Gasteiger partial charge is 0.325 e. The van der Waals surface area contributed by atoms with Gasteiger partial charge >= 0.3 is 0 Å². The standard InChI is InChI=1S/C20H22ClN5O4S/c1-25(2)31(29,30)17-10-13(8-9-15(17)21)22-19(27)12-26(3)11-18-23-16-7-5-4-6-14(16)20(28)24-18/h4-10H,11-12H2,1-3H3,(H,22,27)(H,23,24,28). The number of aromatic amines is 1. The lowest BCUT2D eigenvalue weighted by Gasteiger charge is -2.17. The minimum atomic E-state index is -3.75. The van der Waals surface area contributed by atoms with Crippen molar-refractivity contribution in [3.8, 4) is 0 Å². The first kappa shape index (κ1) is 22.9. The molecule has 0 radical (unpaired) electrons. The van der Waals surface area contributed by atoms with Crippen molar-refractivity contribution in [1.82, 2.24) is 19.2 Å². The zero-order valence-electron chi connectivity index (χ0n) is 17.2. The fourth-order valence-corrected chi connectivity index (χ4v) is 4.34. The Hall–Kier alpha value is -2.79. The maximum Gasteiger partial charge on any atom is 0.258 e. The van der Waals surface area contributed by atoms with Crippen molar-refractivity contribution in [2.45, 2.75) is 11.4 Å². The molecule has 0 aliphatic heterocycles. The third-order valence-corrected chi connectivity index (χ3v) is 6.77. The summed E-state index contributed by atoms with van der Waals surface area (Å²) in [7, 11) is 0.753. The van der Waals surface area contributed by atoms with Crippen LogP contribution in [0.15, 0.2) is 52.2 Å². The van der Waals surface area contributed by atoms with E-state index in [0.29, 0.717) is 22.4 Å². The van der Waals surface area contributed by atoms with Gasteiger partial charge in [-0.15, -0.1) is 0 Å². The Kier molecular flexibility index (Phi) is 6.75. The molecule has 0 atom stereocenters. The third-order valence-electron chi connectivity index (χ3n) is 4.47. The summed E-state index contributed by atoms with van der Waals surface area (Å²) in [6.07, 6.45) is 0. The van der Waals surface area contributed by atoms with Gasteiger partial charge in [-0.3, -0.25) is 14.5 Å². The number of benzene rings is 2. The Bertz CT molecular complexity index is 1290. The van der Waals surface area contributed by atoms with Gasteiger partial charge in [-0.05, 0) is 37.4 Å². The van der Waals surface area contributed by atoms with E-state index >= 15 is 0 Å². The van der Waals surface area contributed by atoms with Crippen LogP contribution in [-0.2, 0) is 21.4 Å². The number of hydrogen-bond acceptors (Lipinski definition) is 6. The van der Waals surface area contributed by atoms with E-state index in [1.54, 1.807) is 36.2 Å². The lowest BCUT2D eigenvalue weighted by Crippen LogP contribution is -2.31. The van der Waals surface area contributed by atoms with Crippen molar-refractivity contribution in [1.29, 1.82) is 0 Å². The molecule has 0 saturated heterocycles. The Morgan fingerprint density at radius 3 is 2.58 bits per heavy atom. The minimum Gasteiger partial charge on any atom is -0.325 e. The first-order valence-electron chi connectivity index (χ1n) is 9.26. The summed E-state index contributed by atoms with van der Waals surface area (Å²) in [5.41, 5.74) is 0.643. The third kappa shape index (κ3) is 5.28. The van der Waals surface area contributed by atoms with E-state index in [4.69, 9.17) is 11.6 Å². The molecular weight excluding hydrogens is 442 g/mol. The number of nitrogens with zero attached hydrogens (tertiary/aromatic N) is 3. The summed E-state index contributed by atoms with van der Waals surface area (Å²) in [6, 6.07) is 11.3. The van der Waals surface area contributed by atoms with E-state index in [9.17, 15) is 18.0 Å². The normalized spacial score (nSPS) is 11.9. The zero-order chi connectivity index (χ0) is 22.8. The number of likely N-dealkylation sites (N-methyl/N-ethyl adjacent to an activating group) is 1. The van der Waals surface area contributed by atoms with E-state index in [2.05, 4.69) is 15.3 Å². The van der Waals surface area contributed by atoms with Crippen LogP contribution < -0.4 is 10.9 Å². The molecule has 1 heterocycles. The lowest BCUT2D eigenvalue weighted by atomic mass is 10.2. The highest BCUT2D eigenvalue weighted by Gasteiger charge is 2.21. The average molecular weight is 464 g/mol. The van der Waals surface area contributed by atoms with E-state index in [1.165, 1.54) is 32.3 Å². The second-order valence-corrected chi connectivity index (χ2v) is 9.71. The molecule has 11 heteroatoms.